The van der Waals surface area contributed by atoms with Gasteiger partial charge in [0.2, 0.25) is 5.82 Å². The minimum atomic E-state index is -3.85. The van der Waals surface area contributed by atoms with E-state index in [0.29, 0.717) is 0 Å². The second-order valence-electron chi connectivity index (χ2n) is 5.12. The van der Waals surface area contributed by atoms with Crippen LogP contribution in [-0.4, -0.2) is 18.6 Å². The highest BCUT2D eigenvalue weighted by Gasteiger charge is 2.45. The van der Waals surface area contributed by atoms with Crippen molar-refractivity contribution in [3.63, 3.8) is 0 Å². The Balaban J connectivity index is 3.14. The zero-order chi connectivity index (χ0) is 18.7. The molecule has 1 aromatic rings. The van der Waals surface area contributed by atoms with Crippen LogP contribution in [0.2, 0.25) is 0 Å². The van der Waals surface area contributed by atoms with Gasteiger partial charge < -0.3 is 13.8 Å². The third-order valence-electron chi connectivity index (χ3n) is 3.13. The minimum Gasteiger partial charge on any atom is -0.358 e. The summed E-state index contributed by atoms with van der Waals surface area (Å²) >= 11 is 0. The van der Waals surface area contributed by atoms with Gasteiger partial charge in [-0.15, -0.1) is 0 Å². The Labute approximate surface area is 136 Å². The molecule has 0 radical (unpaired) electrons. The smallest absolute Gasteiger partial charge is 0.358 e. The third-order valence-corrected chi connectivity index (χ3v) is 5.77. The van der Waals surface area contributed by atoms with Gasteiger partial charge in [0.15, 0.2) is 28.6 Å². The number of ether oxygens (including phenoxy) is 1. The third kappa shape index (κ3) is 3.96. The lowest BCUT2D eigenvalue weighted by molar-refractivity contribution is -0.000260. The van der Waals surface area contributed by atoms with Gasteiger partial charge >= 0.3 is 7.60 Å². The van der Waals surface area contributed by atoms with Crippen molar-refractivity contribution in [2.24, 2.45) is 0 Å². The summed E-state index contributed by atoms with van der Waals surface area (Å²) in [5.41, 5.74) is -1.17. The number of hydrogen-bond acceptors (Lipinski definition) is 4. The van der Waals surface area contributed by atoms with Crippen LogP contribution in [0.5, 0.6) is 0 Å². The quantitative estimate of drug-likeness (QED) is 0.280. The van der Waals surface area contributed by atoms with E-state index in [1.54, 1.807) is 13.8 Å². The molecular weight excluding hydrogens is 358 g/mol. The van der Waals surface area contributed by atoms with Crippen LogP contribution in [0.3, 0.4) is 0 Å². The molecule has 4 nitrogen and oxygen atoms in total. The number of halogens is 5. The summed E-state index contributed by atoms with van der Waals surface area (Å²) in [6, 6.07) is 0. The first-order valence-electron chi connectivity index (χ1n) is 7.05. The summed E-state index contributed by atoms with van der Waals surface area (Å²) in [6.45, 7) is 4.63. The second-order valence-corrected chi connectivity index (χ2v) is 7.71. The molecule has 0 saturated carbocycles. The fraction of sp³-hybridized carbons (Fsp3) is 0.571. The lowest BCUT2D eigenvalue weighted by Gasteiger charge is -2.32. The molecule has 0 saturated heterocycles. The summed E-state index contributed by atoms with van der Waals surface area (Å²) in [4.78, 5) is 0. The van der Waals surface area contributed by atoms with E-state index in [9.17, 15) is 26.5 Å². The molecule has 0 aromatic heterocycles. The van der Waals surface area contributed by atoms with Gasteiger partial charge in [-0.3, -0.25) is 4.57 Å². The Bertz CT molecular complexity index is 612. The van der Waals surface area contributed by atoms with Crippen molar-refractivity contribution in [1.29, 1.82) is 0 Å². The molecule has 0 fully saturated rings. The minimum absolute atomic E-state index is 0.00654. The van der Waals surface area contributed by atoms with Gasteiger partial charge in [-0.1, -0.05) is 0 Å². The van der Waals surface area contributed by atoms with Gasteiger partial charge in [0.25, 0.3) is 0 Å². The van der Waals surface area contributed by atoms with Crippen LogP contribution in [0.15, 0.2) is 0 Å². The molecule has 0 atom stereocenters. The highest BCUT2D eigenvalue weighted by atomic mass is 31.2. The van der Waals surface area contributed by atoms with Crippen molar-refractivity contribution in [1.82, 2.24) is 0 Å². The molecule has 0 aliphatic carbocycles. The van der Waals surface area contributed by atoms with Crippen molar-refractivity contribution in [3.05, 3.63) is 34.6 Å². The normalized spacial score (nSPS) is 12.7. The molecule has 0 aliphatic rings. The predicted molar refractivity (Wildman–Crippen MR) is 76.0 cm³/mol. The number of benzene rings is 1. The van der Waals surface area contributed by atoms with E-state index in [0.717, 1.165) is 0 Å². The molecule has 10 heteroatoms. The van der Waals surface area contributed by atoms with Gasteiger partial charge in [0.05, 0.1) is 25.4 Å². The van der Waals surface area contributed by atoms with E-state index in [-0.39, 0.29) is 13.2 Å². The molecule has 1 rings (SSSR count). The molecule has 1 aromatic carbocycles. The first kappa shape index (κ1) is 21.0. The lowest BCUT2D eigenvalue weighted by Crippen LogP contribution is -2.28. The van der Waals surface area contributed by atoms with E-state index in [1.165, 1.54) is 13.8 Å². The van der Waals surface area contributed by atoms with Gasteiger partial charge in [0.1, 0.15) is 0 Å². The highest BCUT2D eigenvalue weighted by Crippen LogP contribution is 2.60. The molecule has 0 heterocycles. The molecular formula is C14H18F5O4P. The van der Waals surface area contributed by atoms with Crippen LogP contribution in [0.4, 0.5) is 22.0 Å². The maximum atomic E-state index is 13.6. The standard InChI is InChI=1S/C14H18F5O4P/c1-5-22-24(20,23-6-2)14(3,4)21-7-8-9(15)11(17)13(19)12(18)10(8)16/h5-7H2,1-4H3. The predicted octanol–water partition coefficient (Wildman–Crippen LogP) is 4.90. The molecule has 0 aliphatic heterocycles. The zero-order valence-corrected chi connectivity index (χ0v) is 14.5. The van der Waals surface area contributed by atoms with Crippen LogP contribution in [0.1, 0.15) is 33.3 Å². The van der Waals surface area contributed by atoms with Crippen molar-refractivity contribution in [2.75, 3.05) is 13.2 Å². The first-order valence-corrected chi connectivity index (χ1v) is 8.60. The number of rotatable bonds is 8. The second kappa shape index (κ2) is 7.91. The molecule has 0 spiro atoms. The van der Waals surface area contributed by atoms with Crippen molar-refractivity contribution in [2.45, 2.75) is 39.6 Å². The van der Waals surface area contributed by atoms with E-state index >= 15 is 0 Å². The van der Waals surface area contributed by atoms with Crippen LogP contribution >= 0.6 is 7.60 Å². The van der Waals surface area contributed by atoms with E-state index in [1.807, 2.05) is 0 Å². The van der Waals surface area contributed by atoms with Crippen molar-refractivity contribution >= 4 is 7.60 Å². The van der Waals surface area contributed by atoms with Crippen LogP contribution in [0.25, 0.3) is 0 Å². The molecule has 0 bridgehead atoms. The summed E-state index contributed by atoms with van der Waals surface area (Å²) in [5, 5.41) is -1.68. The molecule has 138 valence electrons. The van der Waals surface area contributed by atoms with Gasteiger partial charge in [0, 0.05) is 0 Å². The van der Waals surface area contributed by atoms with Crippen LogP contribution in [-0.2, 0) is 25.0 Å². The summed E-state index contributed by atoms with van der Waals surface area (Å²) in [5.74, 6) is -10.4. The summed E-state index contributed by atoms with van der Waals surface area (Å²) in [7, 11) is -3.85. The Hall–Kier alpha value is -1.02. The Morgan fingerprint density at radius 1 is 0.833 bits per heavy atom. The average molecular weight is 376 g/mol. The van der Waals surface area contributed by atoms with E-state index in [2.05, 4.69) is 0 Å². The maximum absolute atomic E-state index is 13.6. The molecule has 0 unspecified atom stereocenters. The molecule has 0 amide bonds. The Kier molecular flexibility index (Phi) is 6.93. The number of hydrogen-bond donors (Lipinski definition) is 0. The van der Waals surface area contributed by atoms with Crippen LogP contribution in [0, 0.1) is 29.1 Å². The van der Waals surface area contributed by atoms with Gasteiger partial charge in [-0.2, -0.15) is 0 Å². The van der Waals surface area contributed by atoms with Gasteiger partial charge in [-0.05, 0) is 27.7 Å². The highest BCUT2D eigenvalue weighted by molar-refractivity contribution is 7.55. The maximum Gasteiger partial charge on any atom is 0.361 e. The topological polar surface area (TPSA) is 44.8 Å². The zero-order valence-electron chi connectivity index (χ0n) is 13.6. The van der Waals surface area contributed by atoms with E-state index in [4.69, 9.17) is 13.8 Å². The molecule has 0 N–H and O–H groups in total. The SMILES string of the molecule is CCOP(=O)(OCC)C(C)(C)OCc1c(F)c(F)c(F)c(F)c1F. The Morgan fingerprint density at radius 2 is 1.21 bits per heavy atom. The van der Waals surface area contributed by atoms with Crippen LogP contribution < -0.4 is 0 Å². The first-order chi connectivity index (χ1) is 11.0. The van der Waals surface area contributed by atoms with Crippen molar-refractivity contribution in [3.8, 4) is 0 Å². The largest absolute Gasteiger partial charge is 0.361 e. The Morgan fingerprint density at radius 3 is 1.58 bits per heavy atom. The average Bonchev–Trinajstić information content (AvgIpc) is 2.51. The van der Waals surface area contributed by atoms with Crippen molar-refractivity contribution < 1.29 is 40.3 Å². The fourth-order valence-corrected chi connectivity index (χ4v) is 3.39. The summed E-state index contributed by atoms with van der Waals surface area (Å²) in [6.07, 6.45) is 0. The van der Waals surface area contributed by atoms with E-state index < -0.39 is 54.2 Å². The lowest BCUT2D eigenvalue weighted by atomic mass is 10.2. The monoisotopic (exact) mass is 376 g/mol. The fourth-order valence-electron chi connectivity index (χ4n) is 1.79. The molecule has 24 heavy (non-hydrogen) atoms. The summed E-state index contributed by atoms with van der Waals surface area (Å²) < 4.78 is 94.6. The van der Waals surface area contributed by atoms with Gasteiger partial charge in [-0.25, -0.2) is 22.0 Å².